The van der Waals surface area contributed by atoms with Gasteiger partial charge in [-0.05, 0) is 35.4 Å². The van der Waals surface area contributed by atoms with Crippen molar-refractivity contribution in [2.45, 2.75) is 24.8 Å². The van der Waals surface area contributed by atoms with Crippen molar-refractivity contribution in [3.8, 4) is 23.3 Å². The third-order valence-corrected chi connectivity index (χ3v) is 6.71. The van der Waals surface area contributed by atoms with Gasteiger partial charge in [-0.2, -0.15) is 5.26 Å². The minimum Gasteiger partial charge on any atom is -0.497 e. The highest BCUT2D eigenvalue weighted by atomic mass is 16.5. The molecule has 0 bridgehead atoms. The lowest BCUT2D eigenvalue weighted by molar-refractivity contribution is 0.0340. The van der Waals surface area contributed by atoms with Crippen LogP contribution in [0.15, 0.2) is 84.3 Å². The van der Waals surface area contributed by atoms with Crippen molar-refractivity contribution < 1.29 is 18.9 Å². The van der Waals surface area contributed by atoms with Crippen LogP contribution in [0.1, 0.15) is 28.7 Å². The molecule has 0 saturated carbocycles. The Bertz CT molecular complexity index is 1300. The van der Waals surface area contributed by atoms with Crippen molar-refractivity contribution in [1.29, 1.82) is 5.26 Å². The number of hydrogen-bond acceptors (Lipinski definition) is 8. The Morgan fingerprint density at radius 1 is 0.917 bits per heavy atom. The third kappa shape index (κ3) is 4.42. The van der Waals surface area contributed by atoms with E-state index < -0.39 is 6.23 Å². The van der Waals surface area contributed by atoms with E-state index in [1.807, 2.05) is 60.7 Å². The van der Waals surface area contributed by atoms with Crippen molar-refractivity contribution in [2.24, 2.45) is 11.7 Å². The Balaban J connectivity index is 1.51. The third-order valence-electron chi connectivity index (χ3n) is 6.71. The number of nitrogens with two attached hydrogens (primary N) is 1. The zero-order valence-corrected chi connectivity index (χ0v) is 20.1. The number of benzene rings is 3. The van der Waals surface area contributed by atoms with Crippen LogP contribution in [0.2, 0.25) is 0 Å². The maximum atomic E-state index is 10.1. The van der Waals surface area contributed by atoms with E-state index >= 15 is 0 Å². The van der Waals surface area contributed by atoms with Crippen LogP contribution in [0.25, 0.3) is 0 Å². The lowest BCUT2D eigenvalue weighted by atomic mass is 9.74. The van der Waals surface area contributed by atoms with Crippen molar-refractivity contribution in [2.75, 3.05) is 14.2 Å². The number of nitriles is 1. The molecule has 2 aliphatic rings. The van der Waals surface area contributed by atoms with Gasteiger partial charge in [-0.25, -0.2) is 10.9 Å². The van der Waals surface area contributed by atoms with Gasteiger partial charge in [0.15, 0.2) is 6.23 Å². The number of rotatable bonds is 7. The number of ether oxygens (including phenoxy) is 4. The van der Waals surface area contributed by atoms with Gasteiger partial charge >= 0.3 is 0 Å². The van der Waals surface area contributed by atoms with Crippen molar-refractivity contribution in [3.05, 3.63) is 101 Å². The van der Waals surface area contributed by atoms with Gasteiger partial charge in [0.2, 0.25) is 5.88 Å². The molecule has 3 aromatic rings. The molecular weight excluding hydrogens is 456 g/mol. The summed E-state index contributed by atoms with van der Waals surface area (Å²) in [5.41, 5.74) is 16.1. The standard InChI is InChI=1S/C28H28N4O4/c1-33-20-9-6-10-21(14-20)35-16-19-13-18(11-12-23(19)34-2)24-22(15-29)27(30)36-28-25(24)26(31-32-28)17-7-4-3-5-8-17/h3-14,24-26,28,31-32H,16,30H2,1-2H3. The predicted molar refractivity (Wildman–Crippen MR) is 134 cm³/mol. The molecule has 3 aromatic carbocycles. The monoisotopic (exact) mass is 484 g/mol. The fourth-order valence-electron chi connectivity index (χ4n) is 5.00. The molecule has 0 radical (unpaired) electrons. The van der Waals surface area contributed by atoms with Crippen molar-refractivity contribution >= 4 is 0 Å². The number of methoxy groups -OCH3 is 2. The minimum atomic E-state index is -0.393. The molecule has 4 atom stereocenters. The van der Waals surface area contributed by atoms with Crippen LogP contribution in [0.3, 0.4) is 0 Å². The Morgan fingerprint density at radius 2 is 1.72 bits per heavy atom. The summed E-state index contributed by atoms with van der Waals surface area (Å²) in [5, 5.41) is 10.1. The summed E-state index contributed by atoms with van der Waals surface area (Å²) in [6, 6.07) is 25.7. The summed E-state index contributed by atoms with van der Waals surface area (Å²) in [4.78, 5) is 0. The van der Waals surface area contributed by atoms with Gasteiger partial charge in [-0.15, -0.1) is 0 Å². The van der Waals surface area contributed by atoms with E-state index in [9.17, 15) is 5.26 Å². The van der Waals surface area contributed by atoms with E-state index in [1.165, 1.54) is 0 Å². The van der Waals surface area contributed by atoms with Crippen LogP contribution in [-0.4, -0.2) is 20.4 Å². The Kier molecular flexibility index (Phi) is 6.67. The molecule has 0 aliphatic carbocycles. The summed E-state index contributed by atoms with van der Waals surface area (Å²) in [5.74, 6) is 1.81. The van der Waals surface area contributed by atoms with E-state index in [0.29, 0.717) is 22.8 Å². The highest BCUT2D eigenvalue weighted by Crippen LogP contribution is 2.47. The molecule has 4 N–H and O–H groups in total. The first-order chi connectivity index (χ1) is 17.6. The second kappa shape index (κ2) is 10.2. The molecule has 184 valence electrons. The highest BCUT2D eigenvalue weighted by molar-refractivity contribution is 5.47. The fourth-order valence-corrected chi connectivity index (χ4v) is 5.00. The summed E-state index contributed by atoms with van der Waals surface area (Å²) in [6.45, 7) is 0.279. The zero-order chi connectivity index (χ0) is 25.1. The van der Waals surface area contributed by atoms with Gasteiger partial charge in [-0.3, -0.25) is 0 Å². The van der Waals surface area contributed by atoms with E-state index in [1.54, 1.807) is 14.2 Å². The summed E-state index contributed by atoms with van der Waals surface area (Å²) >= 11 is 0. The van der Waals surface area contributed by atoms with E-state index in [4.69, 9.17) is 24.7 Å². The van der Waals surface area contributed by atoms with E-state index in [2.05, 4.69) is 29.1 Å². The SMILES string of the molecule is COc1cccc(OCc2cc(C3C(C#N)=C(N)OC4NNC(c5ccccc5)C43)ccc2OC)c1. The Morgan fingerprint density at radius 3 is 2.47 bits per heavy atom. The molecule has 36 heavy (non-hydrogen) atoms. The first-order valence-electron chi connectivity index (χ1n) is 11.7. The van der Waals surface area contributed by atoms with Crippen molar-refractivity contribution in [1.82, 2.24) is 10.9 Å². The summed E-state index contributed by atoms with van der Waals surface area (Å²) in [7, 11) is 3.25. The molecule has 1 saturated heterocycles. The van der Waals surface area contributed by atoms with Crippen LogP contribution in [0.5, 0.6) is 17.2 Å². The summed E-state index contributed by atoms with van der Waals surface area (Å²) in [6.07, 6.45) is -0.393. The van der Waals surface area contributed by atoms with Gasteiger partial charge in [0.1, 0.15) is 29.9 Å². The average molecular weight is 485 g/mol. The number of hydrogen-bond donors (Lipinski definition) is 3. The van der Waals surface area contributed by atoms with Crippen LogP contribution >= 0.6 is 0 Å². The minimum absolute atomic E-state index is 0.0868. The number of nitrogens with one attached hydrogen (secondary N) is 2. The van der Waals surface area contributed by atoms with Crippen molar-refractivity contribution in [3.63, 3.8) is 0 Å². The van der Waals surface area contributed by atoms with E-state index in [-0.39, 0.29) is 30.4 Å². The van der Waals surface area contributed by atoms with Crippen LogP contribution < -0.4 is 30.8 Å². The normalized spacial score (nSPS) is 22.8. The number of fused-ring (bicyclic) bond motifs is 1. The molecular formula is C28H28N4O4. The molecule has 0 amide bonds. The number of allylic oxidation sites excluding steroid dienone is 1. The van der Waals surface area contributed by atoms with Gasteiger partial charge in [0, 0.05) is 23.5 Å². The maximum absolute atomic E-state index is 10.1. The smallest absolute Gasteiger partial charge is 0.200 e. The van der Waals surface area contributed by atoms with Gasteiger partial charge < -0.3 is 24.7 Å². The van der Waals surface area contributed by atoms with Crippen LogP contribution in [0, 0.1) is 17.2 Å². The molecule has 0 spiro atoms. The quantitative estimate of drug-likeness (QED) is 0.463. The second-order valence-electron chi connectivity index (χ2n) is 8.70. The molecule has 4 unspecified atom stereocenters. The molecule has 2 heterocycles. The number of hydrazine groups is 1. The zero-order valence-electron chi connectivity index (χ0n) is 20.1. The van der Waals surface area contributed by atoms with Gasteiger partial charge in [0.05, 0.1) is 25.8 Å². The van der Waals surface area contributed by atoms with Gasteiger partial charge in [0.25, 0.3) is 0 Å². The lowest BCUT2D eigenvalue weighted by Crippen LogP contribution is -2.41. The van der Waals surface area contributed by atoms with Crippen LogP contribution in [-0.2, 0) is 11.3 Å². The molecule has 1 fully saturated rings. The predicted octanol–water partition coefficient (Wildman–Crippen LogP) is 3.88. The first kappa shape index (κ1) is 23.5. The molecule has 8 heteroatoms. The highest BCUT2D eigenvalue weighted by Gasteiger charge is 2.49. The maximum Gasteiger partial charge on any atom is 0.200 e. The fraction of sp³-hybridized carbons (Fsp3) is 0.250. The summed E-state index contributed by atoms with van der Waals surface area (Å²) < 4.78 is 22.9. The molecule has 8 nitrogen and oxygen atoms in total. The Labute approximate surface area is 210 Å². The second-order valence-corrected chi connectivity index (χ2v) is 8.70. The van der Waals surface area contributed by atoms with Gasteiger partial charge in [-0.1, -0.05) is 42.5 Å². The molecule has 0 aromatic heterocycles. The first-order valence-corrected chi connectivity index (χ1v) is 11.7. The molecule has 5 rings (SSSR count). The molecule has 2 aliphatic heterocycles. The van der Waals surface area contributed by atoms with Crippen LogP contribution in [0.4, 0.5) is 0 Å². The largest absolute Gasteiger partial charge is 0.497 e. The number of nitrogens with zero attached hydrogens (tertiary/aromatic N) is 1. The lowest BCUT2D eigenvalue weighted by Gasteiger charge is -2.36. The Hall–Kier alpha value is -4.19. The average Bonchev–Trinajstić information content (AvgIpc) is 3.34. The van der Waals surface area contributed by atoms with E-state index in [0.717, 1.165) is 16.7 Å². The topological polar surface area (TPSA) is 111 Å².